The maximum absolute atomic E-state index is 12.8. The molecule has 342 valence electrons. The predicted octanol–water partition coefficient (Wildman–Crippen LogP) is 8.67. The SMILES string of the molecule is CCCCCCCCCCC/C=C/CCCCC(=O)O[C@@H](COC(=O)CCCCCCCCCCCCCCCC)COP(=O)(O)OC1C(O)C(O)C(O)[C@H](O)C1O. The number of aliphatic hydroxyl groups excluding tert-OH is 5. The Kier molecular flexibility index (Phi) is 33.2. The van der Waals surface area contributed by atoms with E-state index < -0.39 is 75.7 Å². The molecule has 58 heavy (non-hydrogen) atoms. The van der Waals surface area contributed by atoms with E-state index in [9.17, 15) is 44.6 Å². The van der Waals surface area contributed by atoms with Crippen molar-refractivity contribution in [1.29, 1.82) is 0 Å². The predicted molar refractivity (Wildman–Crippen MR) is 226 cm³/mol. The van der Waals surface area contributed by atoms with E-state index in [1.807, 2.05) is 0 Å². The van der Waals surface area contributed by atoms with Crippen LogP contribution in [0.2, 0.25) is 0 Å². The number of phosphoric acid groups is 1. The molecule has 0 heterocycles. The highest BCUT2D eigenvalue weighted by Gasteiger charge is 2.51. The highest BCUT2D eigenvalue weighted by Crippen LogP contribution is 2.47. The van der Waals surface area contributed by atoms with Gasteiger partial charge >= 0.3 is 19.8 Å². The molecule has 1 rings (SSSR count). The minimum absolute atomic E-state index is 0.0709. The topological polar surface area (TPSA) is 210 Å². The minimum Gasteiger partial charge on any atom is -0.462 e. The van der Waals surface area contributed by atoms with Crippen molar-refractivity contribution >= 4 is 19.8 Å². The Morgan fingerprint density at radius 3 is 1.34 bits per heavy atom. The fourth-order valence-electron chi connectivity index (χ4n) is 7.11. The van der Waals surface area contributed by atoms with Gasteiger partial charge in [-0.2, -0.15) is 0 Å². The standard InChI is InChI=1S/C44H83O13P/c1-3-5-7-9-11-13-15-17-19-21-23-25-27-29-31-33-38(46)56-36(35-55-58(52,53)57-44-42(50)40(48)39(47)41(49)43(44)51)34-54-37(45)32-30-28-26-24-22-20-18-16-14-12-10-8-6-4-2/h23,25,36,39-44,47-51H,3-22,24,26-35H2,1-2H3,(H,52,53)/b25-23+/t36-,39?,40-,41?,42?,43?,44?/m0/s1. The summed E-state index contributed by atoms with van der Waals surface area (Å²) in [5.74, 6) is -1.12. The van der Waals surface area contributed by atoms with Crippen molar-refractivity contribution in [2.24, 2.45) is 0 Å². The average molecular weight is 851 g/mol. The molecule has 1 saturated carbocycles. The zero-order valence-electron chi connectivity index (χ0n) is 36.1. The monoisotopic (exact) mass is 851 g/mol. The molecule has 0 aromatic rings. The van der Waals surface area contributed by atoms with E-state index in [1.165, 1.54) is 122 Å². The van der Waals surface area contributed by atoms with Gasteiger partial charge in [0.15, 0.2) is 6.10 Å². The van der Waals surface area contributed by atoms with Gasteiger partial charge in [-0.1, -0.05) is 161 Å². The molecule has 1 fully saturated rings. The summed E-state index contributed by atoms with van der Waals surface area (Å²) in [5.41, 5.74) is 0. The number of carbonyl (C=O) groups excluding carboxylic acids is 2. The van der Waals surface area contributed by atoms with Gasteiger partial charge in [-0.25, -0.2) is 4.57 Å². The van der Waals surface area contributed by atoms with Crippen molar-refractivity contribution < 1.29 is 63.1 Å². The Balaban J connectivity index is 2.47. The van der Waals surface area contributed by atoms with Crippen LogP contribution in [0.3, 0.4) is 0 Å². The van der Waals surface area contributed by atoms with Crippen LogP contribution in [0, 0.1) is 0 Å². The second kappa shape index (κ2) is 35.2. The van der Waals surface area contributed by atoms with Gasteiger partial charge in [-0.15, -0.1) is 0 Å². The van der Waals surface area contributed by atoms with E-state index in [-0.39, 0.29) is 12.8 Å². The lowest BCUT2D eigenvalue weighted by Crippen LogP contribution is -2.64. The lowest BCUT2D eigenvalue weighted by molar-refractivity contribution is -0.220. The van der Waals surface area contributed by atoms with Crippen molar-refractivity contribution in [3.63, 3.8) is 0 Å². The summed E-state index contributed by atoms with van der Waals surface area (Å²) in [4.78, 5) is 35.6. The maximum Gasteiger partial charge on any atom is 0.472 e. The summed E-state index contributed by atoms with van der Waals surface area (Å²) < 4.78 is 33.5. The fourth-order valence-corrected chi connectivity index (χ4v) is 8.08. The first-order valence-corrected chi connectivity index (χ1v) is 24.5. The summed E-state index contributed by atoms with van der Waals surface area (Å²) in [6.45, 7) is 3.29. The van der Waals surface area contributed by atoms with Gasteiger partial charge in [0.25, 0.3) is 0 Å². The second-order valence-electron chi connectivity index (χ2n) is 16.3. The molecule has 6 N–H and O–H groups in total. The van der Waals surface area contributed by atoms with Crippen LogP contribution in [0.4, 0.5) is 0 Å². The fraction of sp³-hybridized carbons (Fsp3) is 0.909. The van der Waals surface area contributed by atoms with E-state index in [0.717, 1.165) is 38.5 Å². The van der Waals surface area contributed by atoms with Gasteiger partial charge < -0.3 is 39.9 Å². The van der Waals surface area contributed by atoms with Gasteiger partial charge in [0.1, 0.15) is 43.2 Å². The summed E-state index contributed by atoms with van der Waals surface area (Å²) >= 11 is 0. The van der Waals surface area contributed by atoms with Crippen LogP contribution < -0.4 is 0 Å². The molecule has 0 spiro atoms. The molecule has 14 heteroatoms. The molecule has 1 aliphatic rings. The zero-order valence-corrected chi connectivity index (χ0v) is 37.0. The quantitative estimate of drug-likeness (QED) is 0.0149. The van der Waals surface area contributed by atoms with Crippen molar-refractivity contribution in [3.8, 4) is 0 Å². The van der Waals surface area contributed by atoms with Crippen LogP contribution in [0.1, 0.15) is 200 Å². The Bertz CT molecular complexity index is 1080. The van der Waals surface area contributed by atoms with Gasteiger partial charge in [0, 0.05) is 12.8 Å². The number of hydrogen-bond donors (Lipinski definition) is 6. The molecule has 0 aromatic carbocycles. The smallest absolute Gasteiger partial charge is 0.462 e. The van der Waals surface area contributed by atoms with E-state index in [1.54, 1.807) is 0 Å². The molecular formula is C44H83O13P. The molecule has 0 amide bonds. The Morgan fingerprint density at radius 1 is 0.517 bits per heavy atom. The third kappa shape index (κ3) is 27.4. The molecule has 13 nitrogen and oxygen atoms in total. The summed E-state index contributed by atoms with van der Waals surface area (Å²) in [6.07, 6.45) is 22.7. The molecule has 8 atom stereocenters. The van der Waals surface area contributed by atoms with Crippen molar-refractivity contribution in [3.05, 3.63) is 12.2 Å². The van der Waals surface area contributed by atoms with Crippen LogP contribution in [-0.4, -0.2) is 98.3 Å². The highest BCUT2D eigenvalue weighted by atomic mass is 31.2. The molecule has 0 radical (unpaired) electrons. The number of unbranched alkanes of at least 4 members (excludes halogenated alkanes) is 24. The van der Waals surface area contributed by atoms with Gasteiger partial charge in [-0.3, -0.25) is 18.6 Å². The molecule has 6 unspecified atom stereocenters. The van der Waals surface area contributed by atoms with E-state index >= 15 is 0 Å². The average Bonchev–Trinajstić information content (AvgIpc) is 3.20. The van der Waals surface area contributed by atoms with Crippen molar-refractivity contribution in [1.82, 2.24) is 0 Å². The van der Waals surface area contributed by atoms with Gasteiger partial charge in [-0.05, 0) is 38.5 Å². The Morgan fingerprint density at radius 2 is 0.879 bits per heavy atom. The van der Waals surface area contributed by atoms with Gasteiger partial charge in [0.05, 0.1) is 6.61 Å². The van der Waals surface area contributed by atoms with Crippen LogP contribution in [0.25, 0.3) is 0 Å². The Labute approximate surface area is 350 Å². The summed E-state index contributed by atoms with van der Waals surface area (Å²) in [5, 5.41) is 50.1. The zero-order chi connectivity index (χ0) is 42.9. The number of allylic oxidation sites excluding steroid dienone is 2. The largest absolute Gasteiger partial charge is 0.472 e. The van der Waals surface area contributed by atoms with E-state index in [4.69, 9.17) is 18.5 Å². The Hall–Kier alpha value is -1.41. The molecule has 0 saturated heterocycles. The molecule has 0 bridgehead atoms. The number of aliphatic hydroxyl groups is 5. The van der Waals surface area contributed by atoms with Crippen LogP contribution in [0.15, 0.2) is 12.2 Å². The van der Waals surface area contributed by atoms with Crippen molar-refractivity contribution in [2.75, 3.05) is 13.2 Å². The molecule has 1 aliphatic carbocycles. The lowest BCUT2D eigenvalue weighted by Gasteiger charge is -2.41. The summed E-state index contributed by atoms with van der Waals surface area (Å²) in [6, 6.07) is 0. The number of hydrogen-bond acceptors (Lipinski definition) is 12. The summed E-state index contributed by atoms with van der Waals surface area (Å²) in [7, 11) is -5.12. The lowest BCUT2D eigenvalue weighted by atomic mass is 9.85. The molecule has 0 aromatic heterocycles. The second-order valence-corrected chi connectivity index (χ2v) is 17.7. The highest BCUT2D eigenvalue weighted by molar-refractivity contribution is 7.47. The number of rotatable bonds is 38. The molecule has 0 aliphatic heterocycles. The first-order valence-electron chi connectivity index (χ1n) is 23.0. The van der Waals surface area contributed by atoms with Crippen LogP contribution in [0.5, 0.6) is 0 Å². The van der Waals surface area contributed by atoms with Gasteiger partial charge in [0.2, 0.25) is 0 Å². The normalized spacial score (nSPS) is 22.6. The number of ether oxygens (including phenoxy) is 2. The van der Waals surface area contributed by atoms with E-state index in [0.29, 0.717) is 12.8 Å². The van der Waals surface area contributed by atoms with Crippen molar-refractivity contribution in [2.45, 2.75) is 243 Å². The third-order valence-electron chi connectivity index (χ3n) is 10.9. The van der Waals surface area contributed by atoms with E-state index in [2.05, 4.69) is 26.0 Å². The first kappa shape index (κ1) is 54.6. The number of esters is 2. The maximum atomic E-state index is 12.8. The van der Waals surface area contributed by atoms with Crippen LogP contribution in [-0.2, 0) is 32.7 Å². The molecular weight excluding hydrogens is 767 g/mol. The number of carbonyl (C=O) groups is 2. The third-order valence-corrected chi connectivity index (χ3v) is 11.8. The minimum atomic E-state index is -5.12. The number of phosphoric ester groups is 1. The van der Waals surface area contributed by atoms with Crippen LogP contribution >= 0.6 is 7.82 Å². The first-order chi connectivity index (χ1) is 27.9.